The van der Waals surface area contributed by atoms with Gasteiger partial charge in [-0.15, -0.1) is 0 Å². The van der Waals surface area contributed by atoms with Crippen LogP contribution in [0.3, 0.4) is 0 Å². The lowest BCUT2D eigenvalue weighted by molar-refractivity contribution is 0.564. The van der Waals surface area contributed by atoms with Crippen molar-refractivity contribution in [1.82, 2.24) is 19.9 Å². The summed E-state index contributed by atoms with van der Waals surface area (Å²) in [6, 6.07) is 0. The molecule has 2 aliphatic rings. The van der Waals surface area contributed by atoms with Crippen LogP contribution in [0.15, 0.2) is 24.8 Å². The minimum Gasteiger partial charge on any atom is -0.240 e. The highest BCUT2D eigenvalue weighted by Gasteiger charge is 2.23. The van der Waals surface area contributed by atoms with Crippen molar-refractivity contribution in [2.24, 2.45) is 0 Å². The summed E-state index contributed by atoms with van der Waals surface area (Å²) in [6.45, 7) is 13.1. The van der Waals surface area contributed by atoms with E-state index in [1.165, 1.54) is 22.5 Å². The molecule has 2 heterocycles. The van der Waals surface area contributed by atoms with Crippen molar-refractivity contribution >= 4 is 12.2 Å². The zero-order valence-electron chi connectivity index (χ0n) is 16.7. The summed E-state index contributed by atoms with van der Waals surface area (Å²) in [6.07, 6.45) is 13.8. The molecule has 4 nitrogen and oxygen atoms in total. The highest BCUT2D eigenvalue weighted by molar-refractivity contribution is 5.61. The van der Waals surface area contributed by atoms with Gasteiger partial charge in [0.25, 0.3) is 0 Å². The molecule has 26 heavy (non-hydrogen) atoms. The maximum atomic E-state index is 4.36. The minimum absolute atomic E-state index is 0.113. The van der Waals surface area contributed by atoms with E-state index in [2.05, 4.69) is 85.8 Å². The van der Waals surface area contributed by atoms with Crippen LogP contribution in [0.5, 0.6) is 0 Å². The van der Waals surface area contributed by atoms with Crippen LogP contribution in [0.4, 0.5) is 0 Å². The average Bonchev–Trinajstić information content (AvgIpc) is 3.21. The Hall–Kier alpha value is -2.36. The molecule has 4 rings (SSSR count). The lowest BCUT2D eigenvalue weighted by Gasteiger charge is -2.19. The van der Waals surface area contributed by atoms with E-state index < -0.39 is 0 Å². The van der Waals surface area contributed by atoms with Crippen LogP contribution in [0.2, 0.25) is 0 Å². The van der Waals surface area contributed by atoms with Crippen molar-refractivity contribution in [2.75, 3.05) is 0 Å². The molecule has 136 valence electrons. The first-order chi connectivity index (χ1) is 12.2. The van der Waals surface area contributed by atoms with Gasteiger partial charge < -0.3 is 0 Å². The molecule has 0 saturated carbocycles. The van der Waals surface area contributed by atoms with Gasteiger partial charge in [-0.3, -0.25) is 0 Å². The standard InChI is InChI=1S/2C11H14N2/c2*1-11(2,3)10-8-5-4-6-9(8)12-7-13-10/h2*4-5,7H,6H2,1-3H3. The number of hydrogen-bond donors (Lipinski definition) is 0. The van der Waals surface area contributed by atoms with Crippen molar-refractivity contribution in [3.8, 4) is 0 Å². The van der Waals surface area contributed by atoms with Crippen molar-refractivity contribution < 1.29 is 0 Å². The fraction of sp³-hybridized carbons (Fsp3) is 0.455. The van der Waals surface area contributed by atoms with E-state index in [-0.39, 0.29) is 10.8 Å². The smallest absolute Gasteiger partial charge is 0.116 e. The Labute approximate surface area is 156 Å². The Balaban J connectivity index is 0.000000151. The van der Waals surface area contributed by atoms with Gasteiger partial charge in [-0.1, -0.05) is 65.8 Å². The Kier molecular flexibility index (Phi) is 4.78. The van der Waals surface area contributed by atoms with Crippen molar-refractivity contribution in [3.05, 3.63) is 58.7 Å². The number of aromatic nitrogens is 4. The first-order valence-corrected chi connectivity index (χ1v) is 9.19. The molecule has 0 saturated heterocycles. The third-order valence-corrected chi connectivity index (χ3v) is 4.55. The topological polar surface area (TPSA) is 51.6 Å². The van der Waals surface area contributed by atoms with E-state index in [1.54, 1.807) is 12.7 Å². The molecule has 0 bridgehead atoms. The molecule has 0 aromatic carbocycles. The maximum absolute atomic E-state index is 4.36. The Morgan fingerprint density at radius 3 is 1.35 bits per heavy atom. The number of allylic oxidation sites excluding steroid dienone is 2. The third kappa shape index (κ3) is 3.74. The number of rotatable bonds is 0. The zero-order valence-corrected chi connectivity index (χ0v) is 16.7. The van der Waals surface area contributed by atoms with Crippen LogP contribution in [-0.2, 0) is 23.7 Å². The van der Waals surface area contributed by atoms with Gasteiger partial charge in [0, 0.05) is 34.8 Å². The quantitative estimate of drug-likeness (QED) is 0.693. The summed E-state index contributed by atoms with van der Waals surface area (Å²) in [4.78, 5) is 17.2. The zero-order chi connectivity index (χ0) is 18.9. The van der Waals surface area contributed by atoms with E-state index in [9.17, 15) is 0 Å². The first-order valence-electron chi connectivity index (χ1n) is 9.19. The largest absolute Gasteiger partial charge is 0.240 e. The fourth-order valence-electron chi connectivity index (χ4n) is 3.31. The van der Waals surface area contributed by atoms with Gasteiger partial charge in [-0.2, -0.15) is 0 Å². The predicted molar refractivity (Wildman–Crippen MR) is 107 cm³/mol. The number of nitrogens with zero attached hydrogens (tertiary/aromatic N) is 4. The molecule has 2 aromatic heterocycles. The van der Waals surface area contributed by atoms with Crippen LogP contribution < -0.4 is 0 Å². The van der Waals surface area contributed by atoms with E-state index in [1.807, 2.05) is 0 Å². The van der Waals surface area contributed by atoms with Crippen molar-refractivity contribution in [3.63, 3.8) is 0 Å². The van der Waals surface area contributed by atoms with Gasteiger partial charge >= 0.3 is 0 Å². The van der Waals surface area contributed by atoms with Crippen LogP contribution in [0, 0.1) is 0 Å². The molecule has 0 atom stereocenters. The number of fused-ring (bicyclic) bond motifs is 2. The van der Waals surface area contributed by atoms with Crippen LogP contribution in [0.1, 0.15) is 75.4 Å². The van der Waals surface area contributed by atoms with Crippen LogP contribution >= 0.6 is 0 Å². The van der Waals surface area contributed by atoms with Gasteiger partial charge in [0.05, 0.1) is 22.8 Å². The van der Waals surface area contributed by atoms with Crippen molar-refractivity contribution in [2.45, 2.75) is 65.2 Å². The second-order valence-corrected chi connectivity index (χ2v) is 8.88. The molecule has 0 N–H and O–H groups in total. The third-order valence-electron chi connectivity index (χ3n) is 4.55. The Morgan fingerprint density at radius 2 is 1.00 bits per heavy atom. The summed E-state index contributed by atoms with van der Waals surface area (Å²) in [5.74, 6) is 0. The summed E-state index contributed by atoms with van der Waals surface area (Å²) in [5, 5.41) is 0. The van der Waals surface area contributed by atoms with Gasteiger partial charge in [-0.25, -0.2) is 19.9 Å². The highest BCUT2D eigenvalue weighted by Crippen LogP contribution is 2.29. The normalized spacial score (nSPS) is 14.7. The fourth-order valence-corrected chi connectivity index (χ4v) is 3.31. The van der Waals surface area contributed by atoms with Crippen LogP contribution in [0.25, 0.3) is 12.2 Å². The molecule has 0 radical (unpaired) electrons. The molecule has 0 aliphatic heterocycles. The number of hydrogen-bond acceptors (Lipinski definition) is 4. The molecule has 0 spiro atoms. The second kappa shape index (κ2) is 6.75. The lowest BCUT2D eigenvalue weighted by Crippen LogP contribution is -2.16. The molecule has 0 amide bonds. The van der Waals surface area contributed by atoms with Crippen molar-refractivity contribution in [1.29, 1.82) is 0 Å². The molecule has 4 heteroatoms. The molecule has 0 fully saturated rings. The minimum atomic E-state index is 0.113. The Bertz CT molecular complexity index is 791. The molecule has 0 unspecified atom stereocenters. The summed E-state index contributed by atoms with van der Waals surface area (Å²) in [7, 11) is 0. The Morgan fingerprint density at radius 1 is 0.615 bits per heavy atom. The molecular formula is C22H28N4. The van der Waals surface area contributed by atoms with E-state index in [0.717, 1.165) is 24.2 Å². The lowest BCUT2D eigenvalue weighted by atomic mass is 9.88. The highest BCUT2D eigenvalue weighted by atomic mass is 14.9. The summed E-state index contributed by atoms with van der Waals surface area (Å²) in [5.41, 5.74) is 7.34. The van der Waals surface area contributed by atoms with Gasteiger partial charge in [0.2, 0.25) is 0 Å². The SMILES string of the molecule is CC(C)(C)c1ncnc2c1C=CC2.CC(C)(C)c1ncnc2c1C=CC2. The van der Waals surface area contributed by atoms with E-state index in [4.69, 9.17) is 0 Å². The van der Waals surface area contributed by atoms with Gasteiger partial charge in [0.1, 0.15) is 12.7 Å². The van der Waals surface area contributed by atoms with E-state index >= 15 is 0 Å². The predicted octanol–water partition coefficient (Wildman–Crippen LogP) is 4.69. The maximum Gasteiger partial charge on any atom is 0.116 e. The molecule has 2 aliphatic carbocycles. The van der Waals surface area contributed by atoms with E-state index in [0.29, 0.717) is 0 Å². The van der Waals surface area contributed by atoms with Gasteiger partial charge in [0.15, 0.2) is 0 Å². The summed E-state index contributed by atoms with van der Waals surface area (Å²) >= 11 is 0. The summed E-state index contributed by atoms with van der Waals surface area (Å²) < 4.78 is 0. The molecule has 2 aromatic rings. The second-order valence-electron chi connectivity index (χ2n) is 8.88. The molecular weight excluding hydrogens is 320 g/mol. The first kappa shape index (κ1) is 18.4. The average molecular weight is 348 g/mol. The van der Waals surface area contributed by atoms with Crippen LogP contribution in [-0.4, -0.2) is 19.9 Å². The van der Waals surface area contributed by atoms with Gasteiger partial charge in [-0.05, 0) is 0 Å². The monoisotopic (exact) mass is 348 g/mol.